The van der Waals surface area contributed by atoms with Crippen LogP contribution in [0.2, 0.25) is 18.6 Å². The number of carbonyl (C=O) groups is 3. The first-order chi connectivity index (χ1) is 25.5. The number of hydrogen-bond donors (Lipinski definition) is 1. The quantitative estimate of drug-likeness (QED) is 0.139. The van der Waals surface area contributed by atoms with Crippen LogP contribution in [0, 0.1) is 5.92 Å². The van der Waals surface area contributed by atoms with Crippen molar-refractivity contribution in [3.8, 4) is 11.5 Å². The van der Waals surface area contributed by atoms with Crippen molar-refractivity contribution in [3.63, 3.8) is 0 Å². The lowest BCUT2D eigenvalue weighted by Crippen LogP contribution is -2.45. The molecule has 1 N–H and O–H groups in total. The van der Waals surface area contributed by atoms with Gasteiger partial charge in [0.25, 0.3) is 11.8 Å². The number of carbonyl (C=O) groups excluding carboxylic acids is 3. The molecule has 0 radical (unpaired) electrons. The van der Waals surface area contributed by atoms with Crippen LogP contribution in [0.5, 0.6) is 11.5 Å². The van der Waals surface area contributed by atoms with Crippen LogP contribution in [0.15, 0.2) is 97.1 Å². The number of nitrogens with zero attached hydrogens (tertiary/aromatic N) is 3. The summed E-state index contributed by atoms with van der Waals surface area (Å²) in [6.45, 7) is 5.35. The van der Waals surface area contributed by atoms with Gasteiger partial charge in [0.1, 0.15) is 11.5 Å². The molecule has 0 aliphatic carbocycles. The molecule has 53 heavy (non-hydrogen) atoms. The molecule has 1 fully saturated rings. The van der Waals surface area contributed by atoms with Gasteiger partial charge in [0.15, 0.2) is 12.2 Å². The lowest BCUT2D eigenvalue weighted by Gasteiger charge is -2.31. The minimum Gasteiger partial charge on any atom is -0.497 e. The van der Waals surface area contributed by atoms with E-state index in [-0.39, 0.29) is 57.0 Å². The maximum absolute atomic E-state index is 16.5. The van der Waals surface area contributed by atoms with E-state index >= 15 is 4.11 Å². The maximum Gasteiger partial charge on any atom is 0.269 e. The van der Waals surface area contributed by atoms with Gasteiger partial charge in [0.05, 0.1) is 44.2 Å². The second-order valence-electron chi connectivity index (χ2n) is 14.4. The third kappa shape index (κ3) is 6.60. The molecule has 12 heteroatoms. The van der Waals surface area contributed by atoms with Crippen LogP contribution in [0.3, 0.4) is 0 Å². The van der Waals surface area contributed by atoms with Crippen LogP contribution >= 0.6 is 0 Å². The van der Waals surface area contributed by atoms with Gasteiger partial charge < -0.3 is 33.2 Å². The number of aliphatic hydroxyl groups is 1. The van der Waals surface area contributed by atoms with Crippen molar-refractivity contribution in [2.24, 2.45) is 5.92 Å². The van der Waals surface area contributed by atoms with Crippen LogP contribution in [0.25, 0.3) is 0 Å². The molecule has 3 aliphatic heterocycles. The Morgan fingerprint density at radius 3 is 2.40 bits per heavy atom. The van der Waals surface area contributed by atoms with Gasteiger partial charge in [0, 0.05) is 35.8 Å². The summed E-state index contributed by atoms with van der Waals surface area (Å²) < 4.78 is 34.5. The van der Waals surface area contributed by atoms with Gasteiger partial charge in [0.2, 0.25) is 14.3 Å². The predicted octanol–water partition coefficient (Wildman–Crippen LogP) is 6.49. The standard InChI is InChI=1S/C41H44FN3O7Si/c1-27-39(53(3,4)42)36(23-37(47)43(20-21-46)24-28-10-6-5-7-11-28)52-41(27)32-22-31(50-2)18-19-33(32)44(40(41)49)25-29-14-16-30(17-15-29)45-34-12-8-9-13-35(34)51-26-38(45)48/h5-19,22,27,36,39,46H,20-21,23-26H2,1-4H3/t27-,36+,39-,41+/m0/s1. The third-order valence-corrected chi connectivity index (χ3v) is 13.2. The number of methoxy groups -OCH3 is 1. The molecule has 4 atom stereocenters. The number of benzene rings is 4. The smallest absolute Gasteiger partial charge is 0.269 e. The predicted molar refractivity (Wildman–Crippen MR) is 201 cm³/mol. The summed E-state index contributed by atoms with van der Waals surface area (Å²) in [6.07, 6.45) is -1.02. The molecular formula is C41H44FN3O7Si. The highest BCUT2D eigenvalue weighted by atomic mass is 28.4. The van der Waals surface area contributed by atoms with Crippen LogP contribution in [-0.2, 0) is 37.8 Å². The zero-order valence-electron chi connectivity index (χ0n) is 30.3. The van der Waals surface area contributed by atoms with Crippen molar-refractivity contribution >= 4 is 43.2 Å². The monoisotopic (exact) mass is 737 g/mol. The van der Waals surface area contributed by atoms with E-state index in [1.165, 1.54) is 0 Å². The van der Waals surface area contributed by atoms with E-state index in [1.54, 1.807) is 47.0 Å². The SMILES string of the molecule is COc1ccc2c(c1)[C@@]1(O[C@H](CC(=O)N(CCO)Cc3ccccc3)[C@@H]([Si](C)(C)F)[C@@H]1C)C(=O)N2Cc1ccc(N2C(=O)COc3ccccc32)cc1. The Morgan fingerprint density at radius 2 is 1.70 bits per heavy atom. The highest BCUT2D eigenvalue weighted by Gasteiger charge is 2.67. The largest absolute Gasteiger partial charge is 0.497 e. The van der Waals surface area contributed by atoms with Gasteiger partial charge in [-0.2, -0.15) is 0 Å². The average Bonchev–Trinajstić information content (AvgIpc) is 3.57. The zero-order chi connectivity index (χ0) is 37.5. The lowest BCUT2D eigenvalue weighted by atomic mass is 9.82. The molecule has 0 saturated carbocycles. The zero-order valence-corrected chi connectivity index (χ0v) is 31.3. The summed E-state index contributed by atoms with van der Waals surface area (Å²) in [5.41, 5.74) is 2.01. The van der Waals surface area contributed by atoms with Crippen molar-refractivity contribution in [3.05, 3.63) is 114 Å². The van der Waals surface area contributed by atoms with E-state index in [4.69, 9.17) is 14.2 Å². The van der Waals surface area contributed by atoms with Crippen molar-refractivity contribution in [2.45, 2.75) is 56.8 Å². The van der Waals surface area contributed by atoms with Crippen LogP contribution < -0.4 is 19.3 Å². The number of halogens is 1. The van der Waals surface area contributed by atoms with Crippen molar-refractivity contribution in [1.82, 2.24) is 4.90 Å². The number of amides is 3. The Balaban J connectivity index is 1.20. The number of anilines is 3. The summed E-state index contributed by atoms with van der Waals surface area (Å²) in [6, 6.07) is 29.7. The van der Waals surface area contributed by atoms with Gasteiger partial charge in [-0.3, -0.25) is 19.3 Å². The number of para-hydroxylation sites is 2. The number of rotatable bonds is 11. The molecule has 7 rings (SSSR count). The van der Waals surface area contributed by atoms with E-state index in [1.807, 2.05) is 91.9 Å². The van der Waals surface area contributed by atoms with Crippen molar-refractivity contribution in [1.29, 1.82) is 0 Å². The van der Waals surface area contributed by atoms with E-state index in [2.05, 4.69) is 0 Å². The summed E-state index contributed by atoms with van der Waals surface area (Å²) >= 11 is 0. The molecule has 276 valence electrons. The summed E-state index contributed by atoms with van der Waals surface area (Å²) in [7, 11) is -2.00. The first-order valence-corrected chi connectivity index (χ1v) is 20.8. The van der Waals surface area contributed by atoms with Gasteiger partial charge in [-0.05, 0) is 66.7 Å². The van der Waals surface area contributed by atoms with Crippen LogP contribution in [0.1, 0.15) is 30.0 Å². The highest BCUT2D eigenvalue weighted by Crippen LogP contribution is 2.60. The van der Waals surface area contributed by atoms with E-state index in [9.17, 15) is 19.5 Å². The molecule has 0 unspecified atom stereocenters. The number of ether oxygens (including phenoxy) is 3. The molecule has 1 saturated heterocycles. The fourth-order valence-corrected chi connectivity index (χ4v) is 10.8. The molecule has 3 amide bonds. The van der Waals surface area contributed by atoms with E-state index in [0.29, 0.717) is 34.1 Å². The average molecular weight is 738 g/mol. The van der Waals surface area contributed by atoms with E-state index < -0.39 is 31.6 Å². The minimum atomic E-state index is -3.55. The van der Waals surface area contributed by atoms with Crippen molar-refractivity contribution in [2.75, 3.05) is 36.7 Å². The highest BCUT2D eigenvalue weighted by molar-refractivity contribution is 6.72. The van der Waals surface area contributed by atoms with Crippen LogP contribution in [-0.4, -0.2) is 69.1 Å². The fraction of sp³-hybridized carbons (Fsp3) is 0.341. The number of hydrogen-bond acceptors (Lipinski definition) is 7. The molecule has 0 bridgehead atoms. The third-order valence-electron chi connectivity index (χ3n) is 10.7. The minimum absolute atomic E-state index is 0.0693. The molecule has 4 aromatic rings. The van der Waals surface area contributed by atoms with E-state index in [0.717, 1.165) is 11.1 Å². The topological polar surface area (TPSA) is 109 Å². The molecule has 10 nitrogen and oxygen atoms in total. The first kappa shape index (κ1) is 36.3. The second kappa shape index (κ2) is 14.4. The second-order valence-corrected chi connectivity index (χ2v) is 18.2. The summed E-state index contributed by atoms with van der Waals surface area (Å²) in [5, 5.41) is 9.83. The molecule has 3 heterocycles. The Kier molecular flexibility index (Phi) is 9.88. The molecular weight excluding hydrogens is 694 g/mol. The Hall–Kier alpha value is -5.04. The van der Waals surface area contributed by atoms with Crippen LogP contribution in [0.4, 0.5) is 21.2 Å². The normalized spacial score (nSPS) is 22.1. The Labute approximate surface area is 309 Å². The van der Waals surface area contributed by atoms with Crippen molar-refractivity contribution < 1.29 is 37.8 Å². The number of fused-ring (bicyclic) bond motifs is 3. The fourth-order valence-electron chi connectivity index (χ4n) is 8.35. The summed E-state index contributed by atoms with van der Waals surface area (Å²) in [5.74, 6) is -0.259. The lowest BCUT2D eigenvalue weighted by molar-refractivity contribution is -0.150. The molecule has 0 aromatic heterocycles. The first-order valence-electron chi connectivity index (χ1n) is 17.9. The van der Waals surface area contributed by atoms with Gasteiger partial charge >= 0.3 is 0 Å². The van der Waals surface area contributed by atoms with Gasteiger partial charge in [-0.1, -0.05) is 61.5 Å². The summed E-state index contributed by atoms with van der Waals surface area (Å²) in [4.78, 5) is 46.6. The Morgan fingerprint density at radius 1 is 0.981 bits per heavy atom. The molecule has 3 aliphatic rings. The molecule has 1 spiro atoms. The number of aliphatic hydroxyl groups excluding tert-OH is 1. The maximum atomic E-state index is 16.5. The van der Waals surface area contributed by atoms with Gasteiger partial charge in [-0.25, -0.2) is 0 Å². The molecule has 4 aromatic carbocycles. The van der Waals surface area contributed by atoms with Gasteiger partial charge in [-0.15, -0.1) is 0 Å². The Bertz CT molecular complexity index is 2010.